The van der Waals surface area contributed by atoms with Crippen LogP contribution in [0.1, 0.15) is 17.3 Å². The van der Waals surface area contributed by atoms with Crippen LogP contribution in [0.15, 0.2) is 27.7 Å². The normalized spacial score (nSPS) is 10.4. The van der Waals surface area contributed by atoms with Crippen LogP contribution in [0.5, 0.6) is 0 Å². The maximum absolute atomic E-state index is 5.42. The fourth-order valence-electron chi connectivity index (χ4n) is 1.35. The molecule has 0 saturated heterocycles. The molecule has 0 atom stereocenters. The molecule has 2 aromatic rings. The fourth-order valence-corrected chi connectivity index (χ4v) is 1.35. The van der Waals surface area contributed by atoms with Crippen LogP contribution in [0.2, 0.25) is 0 Å². The van der Waals surface area contributed by atoms with E-state index in [0.717, 1.165) is 17.1 Å². The Kier molecular flexibility index (Phi) is 2.00. The summed E-state index contributed by atoms with van der Waals surface area (Å²) >= 11 is 0. The van der Waals surface area contributed by atoms with Crippen LogP contribution in [-0.2, 0) is 0 Å². The number of aryl methyl sites for hydroxylation is 2. The van der Waals surface area contributed by atoms with E-state index in [2.05, 4.69) is 11.6 Å². The largest absolute Gasteiger partial charge is 0.466 e. The van der Waals surface area contributed by atoms with E-state index < -0.39 is 0 Å². The SMILES string of the molecule is C=Cc1cnc(-c2cc(C)oc2C)o1. The first kappa shape index (κ1) is 8.81. The summed E-state index contributed by atoms with van der Waals surface area (Å²) in [6.45, 7) is 7.39. The molecule has 0 radical (unpaired) electrons. The lowest BCUT2D eigenvalue weighted by molar-refractivity contribution is 0.502. The van der Waals surface area contributed by atoms with Gasteiger partial charge < -0.3 is 8.83 Å². The Morgan fingerprint density at radius 2 is 2.14 bits per heavy atom. The number of hydrogen-bond donors (Lipinski definition) is 0. The van der Waals surface area contributed by atoms with Crippen molar-refractivity contribution in [2.75, 3.05) is 0 Å². The Bertz CT molecular complexity index is 465. The number of rotatable bonds is 2. The Morgan fingerprint density at radius 1 is 1.36 bits per heavy atom. The Hall–Kier alpha value is -1.77. The quantitative estimate of drug-likeness (QED) is 0.728. The highest BCUT2D eigenvalue weighted by Crippen LogP contribution is 2.26. The summed E-state index contributed by atoms with van der Waals surface area (Å²) in [7, 11) is 0. The molecule has 0 spiro atoms. The van der Waals surface area contributed by atoms with Gasteiger partial charge in [0, 0.05) is 0 Å². The van der Waals surface area contributed by atoms with Gasteiger partial charge in [0.15, 0.2) is 0 Å². The van der Waals surface area contributed by atoms with Crippen LogP contribution < -0.4 is 0 Å². The lowest BCUT2D eigenvalue weighted by Crippen LogP contribution is -1.74. The molecular weight excluding hydrogens is 178 g/mol. The standard InChI is InChI=1S/C11H11NO2/c1-4-9-6-12-11(14-9)10-5-7(2)13-8(10)3/h4-6H,1H2,2-3H3. The Morgan fingerprint density at radius 3 is 2.64 bits per heavy atom. The van der Waals surface area contributed by atoms with Crippen molar-refractivity contribution in [3.8, 4) is 11.5 Å². The van der Waals surface area contributed by atoms with Gasteiger partial charge >= 0.3 is 0 Å². The molecular formula is C11H11NO2. The summed E-state index contributed by atoms with van der Waals surface area (Å²) in [5.41, 5.74) is 0.899. The van der Waals surface area contributed by atoms with E-state index in [1.807, 2.05) is 19.9 Å². The molecule has 0 aliphatic carbocycles. The Balaban J connectivity index is 2.48. The Labute approximate surface area is 82.1 Å². The van der Waals surface area contributed by atoms with Gasteiger partial charge in [-0.3, -0.25) is 0 Å². The zero-order valence-electron chi connectivity index (χ0n) is 8.20. The van der Waals surface area contributed by atoms with Crippen LogP contribution in [0, 0.1) is 13.8 Å². The second-order valence-electron chi connectivity index (χ2n) is 3.10. The molecule has 0 bridgehead atoms. The highest BCUT2D eigenvalue weighted by Gasteiger charge is 2.11. The van der Waals surface area contributed by atoms with Gasteiger partial charge in [-0.15, -0.1) is 0 Å². The average molecular weight is 189 g/mol. The lowest BCUT2D eigenvalue weighted by atomic mass is 10.2. The zero-order chi connectivity index (χ0) is 10.1. The van der Waals surface area contributed by atoms with Crippen LogP contribution in [-0.4, -0.2) is 4.98 Å². The molecule has 14 heavy (non-hydrogen) atoms. The molecule has 0 amide bonds. The minimum Gasteiger partial charge on any atom is -0.466 e. The molecule has 2 rings (SSSR count). The summed E-state index contributed by atoms with van der Waals surface area (Å²) < 4.78 is 10.8. The summed E-state index contributed by atoms with van der Waals surface area (Å²) in [5, 5.41) is 0. The molecule has 0 unspecified atom stereocenters. The highest BCUT2D eigenvalue weighted by atomic mass is 16.4. The third-order valence-corrected chi connectivity index (χ3v) is 2.00. The third kappa shape index (κ3) is 1.37. The lowest BCUT2D eigenvalue weighted by Gasteiger charge is -1.89. The summed E-state index contributed by atoms with van der Waals surface area (Å²) in [5.74, 6) is 2.92. The van der Waals surface area contributed by atoms with Gasteiger partial charge in [0.25, 0.3) is 0 Å². The van der Waals surface area contributed by atoms with E-state index in [9.17, 15) is 0 Å². The van der Waals surface area contributed by atoms with Gasteiger partial charge in [0.05, 0.1) is 11.8 Å². The van der Waals surface area contributed by atoms with Crippen molar-refractivity contribution in [1.29, 1.82) is 0 Å². The molecule has 0 saturated carbocycles. The van der Waals surface area contributed by atoms with Gasteiger partial charge in [-0.05, 0) is 26.0 Å². The molecule has 2 heterocycles. The third-order valence-electron chi connectivity index (χ3n) is 2.00. The number of furan rings is 1. The van der Waals surface area contributed by atoms with Gasteiger partial charge in [-0.2, -0.15) is 0 Å². The van der Waals surface area contributed by atoms with Crippen LogP contribution >= 0.6 is 0 Å². The summed E-state index contributed by atoms with van der Waals surface area (Å²) in [6.07, 6.45) is 3.27. The minimum absolute atomic E-state index is 0.578. The van der Waals surface area contributed by atoms with Crippen molar-refractivity contribution < 1.29 is 8.83 Å². The smallest absolute Gasteiger partial charge is 0.230 e. The van der Waals surface area contributed by atoms with Crippen molar-refractivity contribution >= 4 is 6.08 Å². The maximum Gasteiger partial charge on any atom is 0.230 e. The van der Waals surface area contributed by atoms with E-state index in [1.54, 1.807) is 12.3 Å². The number of aromatic nitrogens is 1. The van der Waals surface area contributed by atoms with E-state index >= 15 is 0 Å². The first-order valence-electron chi connectivity index (χ1n) is 4.36. The van der Waals surface area contributed by atoms with Crippen LogP contribution in [0.3, 0.4) is 0 Å². The van der Waals surface area contributed by atoms with Gasteiger partial charge in [-0.25, -0.2) is 4.98 Å². The number of oxazole rings is 1. The summed E-state index contributed by atoms with van der Waals surface area (Å²) in [6, 6.07) is 1.91. The van der Waals surface area contributed by atoms with Crippen molar-refractivity contribution in [2.45, 2.75) is 13.8 Å². The highest BCUT2D eigenvalue weighted by molar-refractivity contribution is 5.57. The first-order chi connectivity index (χ1) is 6.70. The van der Waals surface area contributed by atoms with Gasteiger partial charge in [0.1, 0.15) is 17.3 Å². The summed E-state index contributed by atoms with van der Waals surface area (Å²) in [4.78, 5) is 4.13. The predicted octanol–water partition coefficient (Wildman–Crippen LogP) is 3.19. The second kappa shape index (κ2) is 3.18. The molecule has 0 N–H and O–H groups in total. The van der Waals surface area contributed by atoms with E-state index in [4.69, 9.17) is 8.83 Å². The number of nitrogens with zero attached hydrogens (tertiary/aromatic N) is 1. The average Bonchev–Trinajstić information content (AvgIpc) is 2.71. The number of hydrogen-bond acceptors (Lipinski definition) is 3. The maximum atomic E-state index is 5.42. The van der Waals surface area contributed by atoms with E-state index in [1.165, 1.54) is 0 Å². The van der Waals surface area contributed by atoms with Gasteiger partial charge in [-0.1, -0.05) is 6.58 Å². The molecule has 0 fully saturated rings. The van der Waals surface area contributed by atoms with Gasteiger partial charge in [0.2, 0.25) is 5.89 Å². The zero-order valence-corrected chi connectivity index (χ0v) is 8.20. The second-order valence-corrected chi connectivity index (χ2v) is 3.10. The van der Waals surface area contributed by atoms with Crippen molar-refractivity contribution in [2.24, 2.45) is 0 Å². The molecule has 0 aromatic carbocycles. The molecule has 3 heteroatoms. The van der Waals surface area contributed by atoms with Crippen molar-refractivity contribution in [3.05, 3.63) is 36.1 Å². The topological polar surface area (TPSA) is 39.2 Å². The van der Waals surface area contributed by atoms with E-state index in [0.29, 0.717) is 11.7 Å². The predicted molar refractivity (Wildman–Crippen MR) is 53.8 cm³/mol. The first-order valence-corrected chi connectivity index (χ1v) is 4.36. The minimum atomic E-state index is 0.578. The monoisotopic (exact) mass is 189 g/mol. The fraction of sp³-hybridized carbons (Fsp3) is 0.182. The molecule has 3 nitrogen and oxygen atoms in total. The molecule has 2 aromatic heterocycles. The van der Waals surface area contributed by atoms with Crippen LogP contribution in [0.4, 0.5) is 0 Å². The molecule has 0 aliphatic heterocycles. The van der Waals surface area contributed by atoms with Crippen molar-refractivity contribution in [3.63, 3.8) is 0 Å². The van der Waals surface area contributed by atoms with Crippen molar-refractivity contribution in [1.82, 2.24) is 4.98 Å². The van der Waals surface area contributed by atoms with Crippen LogP contribution in [0.25, 0.3) is 17.5 Å². The molecule has 72 valence electrons. The van der Waals surface area contributed by atoms with E-state index in [-0.39, 0.29) is 0 Å². The molecule has 0 aliphatic rings.